The van der Waals surface area contributed by atoms with Crippen LogP contribution in [0.5, 0.6) is 5.75 Å². The van der Waals surface area contributed by atoms with E-state index in [0.717, 1.165) is 0 Å². The Morgan fingerprint density at radius 3 is 1.56 bits per heavy atom. The summed E-state index contributed by atoms with van der Waals surface area (Å²) in [6.45, 7) is 0. The number of alkyl halides is 6. The lowest BCUT2D eigenvalue weighted by Crippen LogP contribution is -2.17. The molecule has 1 aromatic rings. The van der Waals surface area contributed by atoms with E-state index in [0.29, 0.717) is 0 Å². The molecule has 2 nitrogen and oxygen atoms in total. The van der Waals surface area contributed by atoms with Crippen LogP contribution in [0.15, 0.2) is 18.2 Å². The van der Waals surface area contributed by atoms with Gasteiger partial charge in [-0.3, -0.25) is 0 Å². The lowest BCUT2D eigenvalue weighted by Gasteiger charge is -2.14. The molecule has 18 heavy (non-hydrogen) atoms. The van der Waals surface area contributed by atoms with E-state index >= 15 is 0 Å². The molecule has 0 amide bonds. The summed E-state index contributed by atoms with van der Waals surface area (Å²) < 4.78 is 89.6. The molecule has 0 atom stereocenters. The van der Waals surface area contributed by atoms with Gasteiger partial charge in [-0.05, 0) is 18.2 Å². The van der Waals surface area contributed by atoms with Crippen LogP contribution in [0.1, 0.15) is 11.1 Å². The van der Waals surface area contributed by atoms with E-state index in [2.05, 4.69) is 4.65 Å². The first kappa shape index (κ1) is 14.6. The lowest BCUT2D eigenvalue weighted by molar-refractivity contribution is -0.143. The van der Waals surface area contributed by atoms with Crippen molar-refractivity contribution in [2.24, 2.45) is 0 Å². The summed E-state index contributed by atoms with van der Waals surface area (Å²) in [6, 6.07) is 0.160. The molecule has 0 aromatic heterocycles. The molecule has 1 aromatic carbocycles. The fraction of sp³-hybridized carbons (Fsp3) is 0.250. The molecule has 0 aliphatic rings. The minimum atomic E-state index is -5.05. The van der Waals surface area contributed by atoms with Gasteiger partial charge in [-0.15, -0.1) is 0 Å². The number of benzene rings is 1. The molecule has 0 spiro atoms. The van der Waals surface area contributed by atoms with Gasteiger partial charge in [0.05, 0.1) is 11.1 Å². The Morgan fingerprint density at radius 1 is 0.889 bits per heavy atom. The third-order valence-electron chi connectivity index (χ3n) is 1.79. The molecule has 0 aliphatic carbocycles. The molecule has 1 N–H and O–H groups in total. The van der Waals surface area contributed by atoms with Gasteiger partial charge in [-0.25, -0.2) is 4.32 Å². The summed E-state index contributed by atoms with van der Waals surface area (Å²) in [5, 5.41) is 8.14. The Balaban J connectivity index is 3.29. The fourth-order valence-electron chi connectivity index (χ4n) is 1.11. The van der Waals surface area contributed by atoms with Crippen molar-refractivity contribution < 1.29 is 40.3 Å². The summed E-state index contributed by atoms with van der Waals surface area (Å²) in [5.41, 5.74) is -3.32. The third-order valence-corrected chi connectivity index (χ3v) is 1.79. The highest BCUT2D eigenvalue weighted by Gasteiger charge is 2.37. The van der Waals surface area contributed by atoms with Crippen LogP contribution in [0.25, 0.3) is 0 Å². The zero-order valence-electron chi connectivity index (χ0n) is 8.31. The van der Waals surface area contributed by atoms with Gasteiger partial charge in [0.25, 0.3) is 0 Å². The van der Waals surface area contributed by atoms with Crippen molar-refractivity contribution in [2.75, 3.05) is 0 Å². The zero-order chi connectivity index (χ0) is 14.1. The van der Waals surface area contributed by atoms with Gasteiger partial charge in [-0.2, -0.15) is 26.3 Å². The van der Waals surface area contributed by atoms with Crippen LogP contribution >= 0.6 is 0 Å². The van der Waals surface area contributed by atoms with E-state index in [1.54, 1.807) is 0 Å². The molecule has 0 bridgehead atoms. The van der Waals surface area contributed by atoms with E-state index in [4.69, 9.17) is 5.02 Å². The van der Waals surface area contributed by atoms with E-state index < -0.39 is 36.6 Å². The maximum atomic E-state index is 12.3. The monoisotopic (exact) mass is 276 g/mol. The van der Waals surface area contributed by atoms with Crippen LogP contribution in [-0.4, -0.2) is 12.4 Å². The molecule has 10 heteroatoms. The Hall–Kier alpha value is -1.45. The summed E-state index contributed by atoms with van der Waals surface area (Å²) in [5.74, 6) is -1.08. The van der Waals surface area contributed by atoms with Gasteiger partial charge >= 0.3 is 19.7 Å². The molecule has 0 fully saturated rings. The van der Waals surface area contributed by atoms with Gasteiger partial charge in [-0.1, -0.05) is 0 Å². The molecule has 0 unspecified atom stereocenters. The minimum Gasteiger partial charge on any atom is -0.509 e. The standard InChI is InChI=1S/C8H4BF7O2/c10-7(11,12)4-1-5(8(13,14)15)3-6(2-4)18-9(16)17/h1-3,17H. The van der Waals surface area contributed by atoms with Crippen LogP contribution in [0, 0.1) is 0 Å². The highest BCUT2D eigenvalue weighted by molar-refractivity contribution is 6.34. The second-order valence-corrected chi connectivity index (χ2v) is 3.15. The smallest absolute Gasteiger partial charge is 0.509 e. The van der Waals surface area contributed by atoms with Crippen molar-refractivity contribution in [3.05, 3.63) is 29.3 Å². The number of rotatable bonds is 2. The maximum absolute atomic E-state index is 12.3. The van der Waals surface area contributed by atoms with Crippen LogP contribution in [0.3, 0.4) is 0 Å². The largest absolute Gasteiger partial charge is 0.751 e. The van der Waals surface area contributed by atoms with Crippen LogP contribution < -0.4 is 4.65 Å². The van der Waals surface area contributed by atoms with Crippen LogP contribution in [-0.2, 0) is 12.4 Å². The van der Waals surface area contributed by atoms with Crippen molar-refractivity contribution >= 4 is 7.40 Å². The summed E-state index contributed by atoms with van der Waals surface area (Å²) >= 11 is 0. The normalized spacial score (nSPS) is 12.4. The zero-order valence-corrected chi connectivity index (χ0v) is 8.31. The van der Waals surface area contributed by atoms with E-state index in [1.807, 2.05) is 0 Å². The molecular weight excluding hydrogens is 272 g/mol. The number of hydrogen-bond acceptors (Lipinski definition) is 2. The summed E-state index contributed by atoms with van der Waals surface area (Å²) in [7, 11) is -3.02. The predicted molar refractivity (Wildman–Crippen MR) is 46.2 cm³/mol. The average Bonchev–Trinajstić information content (AvgIpc) is 2.13. The Kier molecular flexibility index (Phi) is 3.79. The first-order valence-corrected chi connectivity index (χ1v) is 4.28. The topological polar surface area (TPSA) is 29.5 Å². The summed E-state index contributed by atoms with van der Waals surface area (Å²) in [4.78, 5) is 0. The third kappa shape index (κ3) is 3.79. The molecule has 1 rings (SSSR count). The maximum Gasteiger partial charge on any atom is 0.751 e. The predicted octanol–water partition coefficient (Wildman–Crippen LogP) is 3.05. The molecule has 0 heterocycles. The first-order chi connectivity index (χ1) is 8.00. The lowest BCUT2D eigenvalue weighted by atomic mass is 10.1. The van der Waals surface area contributed by atoms with Crippen molar-refractivity contribution in [1.29, 1.82) is 0 Å². The van der Waals surface area contributed by atoms with Crippen molar-refractivity contribution in [1.82, 2.24) is 0 Å². The van der Waals surface area contributed by atoms with E-state index in [-0.39, 0.29) is 18.2 Å². The highest BCUT2D eigenvalue weighted by atomic mass is 19.4. The number of hydrogen-bond donors (Lipinski definition) is 1. The second-order valence-electron chi connectivity index (χ2n) is 3.15. The van der Waals surface area contributed by atoms with Gasteiger partial charge in [0.15, 0.2) is 0 Å². The van der Waals surface area contributed by atoms with Crippen molar-refractivity contribution in [3.8, 4) is 5.75 Å². The van der Waals surface area contributed by atoms with Gasteiger partial charge in [0.2, 0.25) is 0 Å². The highest BCUT2D eigenvalue weighted by Crippen LogP contribution is 2.38. The van der Waals surface area contributed by atoms with Crippen LogP contribution in [0.4, 0.5) is 30.7 Å². The molecular formula is C8H4BF7O2. The average molecular weight is 276 g/mol. The minimum absolute atomic E-state index is 0.141. The molecule has 0 saturated heterocycles. The Bertz CT molecular complexity index is 394. The van der Waals surface area contributed by atoms with Crippen molar-refractivity contribution in [2.45, 2.75) is 12.4 Å². The van der Waals surface area contributed by atoms with Crippen molar-refractivity contribution in [3.63, 3.8) is 0 Å². The quantitative estimate of drug-likeness (QED) is 0.664. The Labute approximate surface area is 96.2 Å². The van der Waals surface area contributed by atoms with Crippen LogP contribution in [0.2, 0.25) is 0 Å². The molecule has 0 aliphatic heterocycles. The van der Waals surface area contributed by atoms with Gasteiger partial charge in [0.1, 0.15) is 5.75 Å². The van der Waals surface area contributed by atoms with E-state index in [1.165, 1.54) is 0 Å². The molecule has 100 valence electrons. The summed E-state index contributed by atoms with van der Waals surface area (Å²) in [6.07, 6.45) is -10.1. The molecule has 0 saturated carbocycles. The van der Waals surface area contributed by atoms with Gasteiger partial charge < -0.3 is 9.68 Å². The van der Waals surface area contributed by atoms with E-state index in [9.17, 15) is 30.7 Å². The fourth-order valence-corrected chi connectivity index (χ4v) is 1.11. The SMILES string of the molecule is OB(F)Oc1cc(C(F)(F)F)cc(C(F)(F)F)c1. The number of halogens is 7. The second kappa shape index (κ2) is 4.67. The first-order valence-electron chi connectivity index (χ1n) is 4.28. The molecule has 0 radical (unpaired) electrons. The Morgan fingerprint density at radius 2 is 1.28 bits per heavy atom. The van der Waals surface area contributed by atoms with Gasteiger partial charge in [0, 0.05) is 0 Å².